The van der Waals surface area contributed by atoms with E-state index in [9.17, 15) is 4.79 Å². The predicted octanol–water partition coefficient (Wildman–Crippen LogP) is 1.15. The van der Waals surface area contributed by atoms with Gasteiger partial charge in [0.05, 0.1) is 0 Å². The number of piperazine rings is 1. The molecule has 1 fully saturated rings. The SMILES string of the molecule is CC[C@@H](C)OC(=O)NCCCN1CCN(C)CC1. The van der Waals surface area contributed by atoms with Crippen LogP contribution in [-0.4, -0.2) is 68.3 Å². The smallest absolute Gasteiger partial charge is 0.407 e. The summed E-state index contributed by atoms with van der Waals surface area (Å²) in [4.78, 5) is 16.1. The molecule has 0 spiro atoms. The van der Waals surface area contributed by atoms with Crippen molar-refractivity contribution >= 4 is 6.09 Å². The number of ether oxygens (including phenoxy) is 1. The van der Waals surface area contributed by atoms with Gasteiger partial charge in [-0.1, -0.05) is 6.92 Å². The monoisotopic (exact) mass is 257 g/mol. The molecular formula is C13H27N3O2. The van der Waals surface area contributed by atoms with Gasteiger partial charge in [0, 0.05) is 32.7 Å². The molecule has 1 atom stereocenters. The Morgan fingerprint density at radius 3 is 2.61 bits per heavy atom. The number of nitrogens with zero attached hydrogens (tertiary/aromatic N) is 2. The van der Waals surface area contributed by atoms with Gasteiger partial charge in [0.15, 0.2) is 0 Å². The molecule has 1 N–H and O–H groups in total. The first-order valence-corrected chi connectivity index (χ1v) is 6.97. The van der Waals surface area contributed by atoms with Gasteiger partial charge in [-0.05, 0) is 33.4 Å². The Labute approximate surface area is 110 Å². The van der Waals surface area contributed by atoms with E-state index in [2.05, 4.69) is 22.2 Å². The lowest BCUT2D eigenvalue weighted by Crippen LogP contribution is -2.45. The van der Waals surface area contributed by atoms with Gasteiger partial charge in [-0.2, -0.15) is 0 Å². The van der Waals surface area contributed by atoms with Crippen molar-refractivity contribution in [3.05, 3.63) is 0 Å². The Morgan fingerprint density at radius 2 is 2.00 bits per heavy atom. The fourth-order valence-electron chi connectivity index (χ4n) is 1.87. The summed E-state index contributed by atoms with van der Waals surface area (Å²) in [6, 6.07) is 0. The zero-order valence-corrected chi connectivity index (χ0v) is 11.9. The summed E-state index contributed by atoms with van der Waals surface area (Å²) in [6.07, 6.45) is 1.55. The molecule has 18 heavy (non-hydrogen) atoms. The Kier molecular flexibility index (Phi) is 7.05. The highest BCUT2D eigenvalue weighted by Gasteiger charge is 2.13. The minimum Gasteiger partial charge on any atom is -0.447 e. The second kappa shape index (κ2) is 8.32. The van der Waals surface area contributed by atoms with E-state index in [1.807, 2.05) is 13.8 Å². The van der Waals surface area contributed by atoms with Gasteiger partial charge in [-0.3, -0.25) is 0 Å². The van der Waals surface area contributed by atoms with Gasteiger partial charge in [0.2, 0.25) is 0 Å². The molecule has 1 heterocycles. The molecule has 0 aromatic carbocycles. The first-order chi connectivity index (χ1) is 8.61. The van der Waals surface area contributed by atoms with Gasteiger partial charge in [0.1, 0.15) is 6.10 Å². The molecule has 0 aliphatic carbocycles. The van der Waals surface area contributed by atoms with Crippen molar-refractivity contribution in [1.29, 1.82) is 0 Å². The second-order valence-corrected chi connectivity index (χ2v) is 5.05. The molecule has 5 heteroatoms. The molecule has 106 valence electrons. The Balaban J connectivity index is 1.99. The van der Waals surface area contributed by atoms with E-state index in [0.29, 0.717) is 6.54 Å². The maximum Gasteiger partial charge on any atom is 0.407 e. The van der Waals surface area contributed by atoms with Crippen LogP contribution in [0.25, 0.3) is 0 Å². The van der Waals surface area contributed by atoms with Crippen molar-refractivity contribution in [2.24, 2.45) is 0 Å². The molecule has 1 rings (SSSR count). The van der Waals surface area contributed by atoms with E-state index in [0.717, 1.165) is 45.6 Å². The molecule has 1 aliphatic heterocycles. The van der Waals surface area contributed by atoms with Gasteiger partial charge >= 0.3 is 6.09 Å². The predicted molar refractivity (Wildman–Crippen MR) is 72.8 cm³/mol. The number of hydrogen-bond acceptors (Lipinski definition) is 4. The Bertz CT molecular complexity index is 240. The summed E-state index contributed by atoms with van der Waals surface area (Å²) >= 11 is 0. The van der Waals surface area contributed by atoms with E-state index >= 15 is 0 Å². The van der Waals surface area contributed by atoms with E-state index in [-0.39, 0.29) is 12.2 Å². The highest BCUT2D eigenvalue weighted by Crippen LogP contribution is 2.00. The van der Waals surface area contributed by atoms with Crippen molar-refractivity contribution < 1.29 is 9.53 Å². The van der Waals surface area contributed by atoms with Crippen molar-refractivity contribution in [3.63, 3.8) is 0 Å². The Hall–Kier alpha value is -0.810. The summed E-state index contributed by atoms with van der Waals surface area (Å²) in [7, 11) is 2.16. The molecule has 1 aliphatic rings. The summed E-state index contributed by atoms with van der Waals surface area (Å²) in [6.45, 7) is 10.2. The number of carbonyl (C=O) groups is 1. The van der Waals surface area contributed by atoms with Crippen molar-refractivity contribution in [2.45, 2.75) is 32.8 Å². The van der Waals surface area contributed by atoms with Crippen LogP contribution in [0.15, 0.2) is 0 Å². The quantitative estimate of drug-likeness (QED) is 0.725. The Morgan fingerprint density at radius 1 is 1.33 bits per heavy atom. The molecule has 1 amide bonds. The lowest BCUT2D eigenvalue weighted by molar-refractivity contribution is 0.104. The summed E-state index contributed by atoms with van der Waals surface area (Å²) < 4.78 is 5.14. The summed E-state index contributed by atoms with van der Waals surface area (Å²) in [5.74, 6) is 0. The molecule has 0 aromatic rings. The zero-order valence-electron chi connectivity index (χ0n) is 11.9. The maximum atomic E-state index is 11.4. The van der Waals surface area contributed by atoms with Crippen LogP contribution in [0.1, 0.15) is 26.7 Å². The van der Waals surface area contributed by atoms with Crippen LogP contribution in [0.3, 0.4) is 0 Å². The molecular weight excluding hydrogens is 230 g/mol. The molecule has 5 nitrogen and oxygen atoms in total. The zero-order chi connectivity index (χ0) is 13.4. The summed E-state index contributed by atoms with van der Waals surface area (Å²) in [5.41, 5.74) is 0. The molecule has 0 unspecified atom stereocenters. The van der Waals surface area contributed by atoms with Crippen LogP contribution in [0, 0.1) is 0 Å². The lowest BCUT2D eigenvalue weighted by atomic mass is 10.3. The third-order valence-electron chi connectivity index (χ3n) is 3.40. The average molecular weight is 257 g/mol. The number of carbonyl (C=O) groups excluding carboxylic acids is 1. The van der Waals surface area contributed by atoms with Gasteiger partial charge in [-0.25, -0.2) is 4.79 Å². The number of hydrogen-bond donors (Lipinski definition) is 1. The fraction of sp³-hybridized carbons (Fsp3) is 0.923. The topological polar surface area (TPSA) is 44.8 Å². The third kappa shape index (κ3) is 6.21. The fourth-order valence-corrected chi connectivity index (χ4v) is 1.87. The third-order valence-corrected chi connectivity index (χ3v) is 3.40. The van der Waals surface area contributed by atoms with Crippen LogP contribution < -0.4 is 5.32 Å². The first-order valence-electron chi connectivity index (χ1n) is 6.97. The number of rotatable bonds is 6. The minimum atomic E-state index is -0.289. The van der Waals surface area contributed by atoms with E-state index in [4.69, 9.17) is 4.74 Å². The number of amides is 1. The highest BCUT2D eigenvalue weighted by atomic mass is 16.6. The second-order valence-electron chi connectivity index (χ2n) is 5.05. The average Bonchev–Trinajstić information content (AvgIpc) is 2.36. The van der Waals surface area contributed by atoms with Gasteiger partial charge in [0.25, 0.3) is 0 Å². The van der Waals surface area contributed by atoms with E-state index in [1.54, 1.807) is 0 Å². The van der Waals surface area contributed by atoms with Crippen LogP contribution in [0.4, 0.5) is 4.79 Å². The summed E-state index contributed by atoms with van der Waals surface area (Å²) in [5, 5.41) is 2.80. The van der Waals surface area contributed by atoms with Crippen LogP contribution in [0.2, 0.25) is 0 Å². The van der Waals surface area contributed by atoms with E-state index < -0.39 is 0 Å². The number of alkyl carbamates (subject to hydrolysis) is 1. The van der Waals surface area contributed by atoms with Crippen LogP contribution in [-0.2, 0) is 4.74 Å². The molecule has 0 aromatic heterocycles. The van der Waals surface area contributed by atoms with Crippen LogP contribution >= 0.6 is 0 Å². The van der Waals surface area contributed by atoms with Gasteiger partial charge in [-0.15, -0.1) is 0 Å². The molecule has 0 bridgehead atoms. The standard InChI is InChI=1S/C13H27N3O2/c1-4-12(2)18-13(17)14-6-5-7-16-10-8-15(3)9-11-16/h12H,4-11H2,1-3H3,(H,14,17)/t12-/m1/s1. The van der Waals surface area contributed by atoms with Crippen molar-refractivity contribution in [2.75, 3.05) is 46.3 Å². The van der Waals surface area contributed by atoms with Gasteiger partial charge < -0.3 is 19.9 Å². The first kappa shape index (κ1) is 15.2. The largest absolute Gasteiger partial charge is 0.447 e. The maximum absolute atomic E-state index is 11.4. The molecule has 1 saturated heterocycles. The molecule has 0 saturated carbocycles. The van der Waals surface area contributed by atoms with Crippen LogP contribution in [0.5, 0.6) is 0 Å². The number of likely N-dealkylation sites (N-methyl/N-ethyl adjacent to an activating group) is 1. The molecule has 0 radical (unpaired) electrons. The minimum absolute atomic E-state index is 0.00244. The normalized spacial score (nSPS) is 19.5. The number of nitrogens with one attached hydrogen (secondary N) is 1. The van der Waals surface area contributed by atoms with Crippen molar-refractivity contribution in [1.82, 2.24) is 15.1 Å². The van der Waals surface area contributed by atoms with E-state index in [1.165, 1.54) is 0 Å². The van der Waals surface area contributed by atoms with Crippen molar-refractivity contribution in [3.8, 4) is 0 Å². The lowest BCUT2D eigenvalue weighted by Gasteiger charge is -2.32. The highest BCUT2D eigenvalue weighted by molar-refractivity contribution is 5.67.